The van der Waals surface area contributed by atoms with E-state index in [4.69, 9.17) is 4.74 Å². The molecule has 1 aliphatic rings. The maximum Gasteiger partial charge on any atom is 0.218 e. The summed E-state index contributed by atoms with van der Waals surface area (Å²) in [7, 11) is 0.640. The van der Waals surface area contributed by atoms with Crippen molar-refractivity contribution in [1.29, 1.82) is 0 Å². The maximum absolute atomic E-state index is 11.8. The van der Waals surface area contributed by atoms with Crippen molar-refractivity contribution in [3.8, 4) is 5.88 Å². The fraction of sp³-hybridized carbons (Fsp3) is 0.667. The molecular weight excluding hydrogens is 280 g/mol. The minimum absolute atomic E-state index is 0.123. The van der Waals surface area contributed by atoms with Crippen LogP contribution in [0.15, 0.2) is 12.4 Å². The normalized spacial score (nSPS) is 20.1. The molecule has 0 unspecified atom stereocenters. The van der Waals surface area contributed by atoms with Crippen LogP contribution in [0, 0.1) is 0 Å². The van der Waals surface area contributed by atoms with E-state index in [9.17, 15) is 8.42 Å². The smallest absolute Gasteiger partial charge is 0.218 e. The van der Waals surface area contributed by atoms with E-state index in [0.717, 1.165) is 5.82 Å². The summed E-state index contributed by atoms with van der Waals surface area (Å²) in [5.74, 6) is 1.35. The van der Waals surface area contributed by atoms with Gasteiger partial charge in [-0.3, -0.25) is 0 Å². The van der Waals surface area contributed by atoms with Gasteiger partial charge in [0.2, 0.25) is 15.9 Å². The van der Waals surface area contributed by atoms with E-state index in [0.29, 0.717) is 25.4 Å². The molecule has 0 amide bonds. The summed E-state index contributed by atoms with van der Waals surface area (Å²) in [4.78, 5) is 10.0. The first kappa shape index (κ1) is 15.0. The molecule has 0 radical (unpaired) electrons. The Morgan fingerprint density at radius 1 is 1.45 bits per heavy atom. The molecule has 0 saturated carbocycles. The van der Waals surface area contributed by atoms with E-state index in [1.807, 2.05) is 19.0 Å². The summed E-state index contributed by atoms with van der Waals surface area (Å²) in [6, 6.07) is 1.75. The van der Waals surface area contributed by atoms with E-state index >= 15 is 0 Å². The molecule has 112 valence electrons. The first-order chi connectivity index (χ1) is 9.42. The number of nitrogens with zero attached hydrogens (tertiary/aromatic N) is 4. The van der Waals surface area contributed by atoms with Crippen LogP contribution in [0.2, 0.25) is 0 Å². The van der Waals surface area contributed by atoms with Crippen LogP contribution in [0.3, 0.4) is 0 Å². The fourth-order valence-electron chi connectivity index (χ4n) is 2.04. The molecule has 1 aromatic heterocycles. The predicted octanol–water partition coefficient (Wildman–Crippen LogP) is 0.345. The highest BCUT2D eigenvalue weighted by molar-refractivity contribution is 7.89. The van der Waals surface area contributed by atoms with Crippen molar-refractivity contribution in [3.05, 3.63) is 12.4 Å². The van der Waals surface area contributed by atoms with Gasteiger partial charge < -0.3 is 9.64 Å². The van der Waals surface area contributed by atoms with Gasteiger partial charge in [0.1, 0.15) is 18.2 Å². The summed E-state index contributed by atoms with van der Waals surface area (Å²) in [6.45, 7) is 2.54. The standard InChI is InChI=1S/C12H20N4O3S/c1-4-20(17,18)16-6-5-10(8-16)19-12-7-11(15(2)3)13-9-14-12/h7,9-10H,4-6,8H2,1-3H3/t10-/m0/s1. The van der Waals surface area contributed by atoms with Gasteiger partial charge in [-0.2, -0.15) is 4.31 Å². The molecule has 1 aliphatic heterocycles. The third kappa shape index (κ3) is 3.37. The van der Waals surface area contributed by atoms with Gasteiger partial charge in [-0.05, 0) is 13.3 Å². The van der Waals surface area contributed by atoms with Gasteiger partial charge >= 0.3 is 0 Å². The van der Waals surface area contributed by atoms with Crippen molar-refractivity contribution >= 4 is 15.8 Å². The molecular formula is C12H20N4O3S. The molecule has 2 heterocycles. The van der Waals surface area contributed by atoms with Gasteiger partial charge in [-0.15, -0.1) is 0 Å². The second-order valence-electron chi connectivity index (χ2n) is 4.90. The first-order valence-electron chi connectivity index (χ1n) is 6.56. The molecule has 0 bridgehead atoms. The summed E-state index contributed by atoms with van der Waals surface area (Å²) >= 11 is 0. The van der Waals surface area contributed by atoms with Gasteiger partial charge in [0, 0.05) is 26.7 Å². The topological polar surface area (TPSA) is 75.6 Å². The largest absolute Gasteiger partial charge is 0.473 e. The quantitative estimate of drug-likeness (QED) is 0.781. The first-order valence-corrected chi connectivity index (χ1v) is 8.17. The minimum Gasteiger partial charge on any atom is -0.473 e. The Labute approximate surface area is 119 Å². The number of rotatable bonds is 5. The Kier molecular flexibility index (Phi) is 4.44. The SMILES string of the molecule is CCS(=O)(=O)N1CC[C@H](Oc2cc(N(C)C)ncn2)C1. The maximum atomic E-state index is 11.8. The van der Waals surface area contributed by atoms with Crippen LogP contribution in [0.4, 0.5) is 5.82 Å². The Hall–Kier alpha value is -1.41. The Balaban J connectivity index is 2.00. The Morgan fingerprint density at radius 2 is 2.20 bits per heavy atom. The lowest BCUT2D eigenvalue weighted by atomic mass is 10.3. The van der Waals surface area contributed by atoms with Gasteiger partial charge in [0.25, 0.3) is 0 Å². The summed E-state index contributed by atoms with van der Waals surface area (Å²) in [5.41, 5.74) is 0. The average Bonchev–Trinajstić information content (AvgIpc) is 2.88. The van der Waals surface area contributed by atoms with Gasteiger partial charge in [-0.1, -0.05) is 0 Å². The van der Waals surface area contributed by atoms with Crippen LogP contribution in [0.1, 0.15) is 13.3 Å². The van der Waals surface area contributed by atoms with E-state index in [-0.39, 0.29) is 11.9 Å². The fourth-order valence-corrected chi connectivity index (χ4v) is 3.18. The summed E-state index contributed by atoms with van der Waals surface area (Å²) in [6.07, 6.45) is 1.97. The molecule has 0 aromatic carbocycles. The van der Waals surface area contributed by atoms with E-state index in [1.54, 1.807) is 13.0 Å². The highest BCUT2D eigenvalue weighted by atomic mass is 32.2. The predicted molar refractivity (Wildman–Crippen MR) is 76.4 cm³/mol. The van der Waals surface area contributed by atoms with Crippen LogP contribution in [-0.2, 0) is 10.0 Å². The number of ether oxygens (including phenoxy) is 1. The molecule has 0 N–H and O–H groups in total. The van der Waals surface area contributed by atoms with Crippen LogP contribution in [-0.4, -0.2) is 61.7 Å². The molecule has 0 aliphatic carbocycles. The molecule has 8 heteroatoms. The lowest BCUT2D eigenvalue weighted by Gasteiger charge is -2.16. The molecule has 1 saturated heterocycles. The van der Waals surface area contributed by atoms with Crippen LogP contribution >= 0.6 is 0 Å². The number of hydrogen-bond acceptors (Lipinski definition) is 6. The zero-order valence-corrected chi connectivity index (χ0v) is 12.8. The van der Waals surface area contributed by atoms with Crippen LogP contribution < -0.4 is 9.64 Å². The lowest BCUT2D eigenvalue weighted by molar-refractivity contribution is 0.206. The van der Waals surface area contributed by atoms with E-state index in [1.165, 1.54) is 10.6 Å². The van der Waals surface area contributed by atoms with Crippen molar-refractivity contribution in [2.24, 2.45) is 0 Å². The molecule has 0 spiro atoms. The molecule has 1 atom stereocenters. The van der Waals surface area contributed by atoms with Crippen molar-refractivity contribution in [2.45, 2.75) is 19.4 Å². The second kappa shape index (κ2) is 5.92. The highest BCUT2D eigenvalue weighted by Crippen LogP contribution is 2.20. The number of hydrogen-bond donors (Lipinski definition) is 0. The molecule has 20 heavy (non-hydrogen) atoms. The zero-order valence-electron chi connectivity index (χ0n) is 12.0. The summed E-state index contributed by atoms with van der Waals surface area (Å²) in [5, 5.41) is 0. The second-order valence-corrected chi connectivity index (χ2v) is 7.15. The molecule has 1 aromatic rings. The Bertz CT molecular complexity index is 562. The van der Waals surface area contributed by atoms with Crippen molar-refractivity contribution in [1.82, 2.24) is 14.3 Å². The van der Waals surface area contributed by atoms with Crippen LogP contribution in [0.5, 0.6) is 5.88 Å². The third-order valence-corrected chi connectivity index (χ3v) is 5.09. The molecule has 7 nitrogen and oxygen atoms in total. The molecule has 2 rings (SSSR count). The van der Waals surface area contributed by atoms with Crippen molar-refractivity contribution in [2.75, 3.05) is 37.8 Å². The number of sulfonamides is 1. The van der Waals surface area contributed by atoms with E-state index < -0.39 is 10.0 Å². The average molecular weight is 300 g/mol. The highest BCUT2D eigenvalue weighted by Gasteiger charge is 2.31. The van der Waals surface area contributed by atoms with Crippen molar-refractivity contribution in [3.63, 3.8) is 0 Å². The monoisotopic (exact) mass is 300 g/mol. The summed E-state index contributed by atoms with van der Waals surface area (Å²) < 4.78 is 30.8. The number of anilines is 1. The van der Waals surface area contributed by atoms with Crippen LogP contribution in [0.25, 0.3) is 0 Å². The van der Waals surface area contributed by atoms with Gasteiger partial charge in [0.15, 0.2) is 0 Å². The van der Waals surface area contributed by atoms with Crippen molar-refractivity contribution < 1.29 is 13.2 Å². The van der Waals surface area contributed by atoms with E-state index in [2.05, 4.69) is 9.97 Å². The zero-order chi connectivity index (χ0) is 14.8. The van der Waals surface area contributed by atoms with Gasteiger partial charge in [0.05, 0.1) is 12.3 Å². The lowest BCUT2D eigenvalue weighted by Crippen LogP contribution is -2.32. The minimum atomic E-state index is -3.13. The number of aromatic nitrogens is 2. The third-order valence-electron chi connectivity index (χ3n) is 3.24. The van der Waals surface area contributed by atoms with Gasteiger partial charge in [-0.25, -0.2) is 18.4 Å². The molecule has 1 fully saturated rings. The Morgan fingerprint density at radius 3 is 2.85 bits per heavy atom.